The molecule has 1 aromatic carbocycles. The topological polar surface area (TPSA) is 83.8 Å². The van der Waals surface area contributed by atoms with Crippen LogP contribution in [0.3, 0.4) is 0 Å². The number of ether oxygens (including phenoxy) is 3. The van der Waals surface area contributed by atoms with Crippen LogP contribution in [0.25, 0.3) is 0 Å². The summed E-state index contributed by atoms with van der Waals surface area (Å²) in [5, 5.41) is 1.65. The van der Waals surface area contributed by atoms with Crippen molar-refractivity contribution in [1.29, 1.82) is 0 Å². The Hall–Kier alpha value is -2.61. The number of ketones is 1. The fraction of sp³-hybridized carbons (Fsp3) is 0.312. The second kappa shape index (κ2) is 7.78. The molecule has 0 fully saturated rings. The van der Waals surface area contributed by atoms with Gasteiger partial charge in [0.2, 0.25) is 5.78 Å². The number of hydrogen-bond acceptors (Lipinski definition) is 7. The van der Waals surface area contributed by atoms with E-state index < -0.39 is 18.4 Å². The number of Topliss-reactive ketones (excluding diaryl/α,β-unsaturated/α-hetero) is 1. The molecule has 0 aliphatic rings. The third-order valence-corrected chi connectivity index (χ3v) is 4.22. The number of thiazole rings is 1. The predicted octanol–water partition coefficient (Wildman–Crippen LogP) is 1.66. The summed E-state index contributed by atoms with van der Waals surface area (Å²) in [4.78, 5) is 35.4. The fourth-order valence-electron chi connectivity index (χ4n) is 2.03. The first-order chi connectivity index (χ1) is 11.5. The summed E-state index contributed by atoms with van der Waals surface area (Å²) >= 11 is 1.01. The maximum atomic E-state index is 12.3. The molecule has 2 aromatic rings. The summed E-state index contributed by atoms with van der Waals surface area (Å²) in [7, 11) is 2.92. The van der Waals surface area contributed by atoms with Crippen LogP contribution in [0.5, 0.6) is 11.5 Å². The molecule has 0 saturated carbocycles. The molecule has 0 aliphatic carbocycles. The van der Waals surface area contributed by atoms with E-state index in [4.69, 9.17) is 14.2 Å². The second-order valence-corrected chi connectivity index (χ2v) is 5.70. The van der Waals surface area contributed by atoms with Crippen molar-refractivity contribution in [3.8, 4) is 11.5 Å². The number of nitrogens with zero attached hydrogens (tertiary/aromatic N) is 1. The SMILES string of the molecule is COc1ccc(OC)c(C(=O)COC(=O)Cn2c(C)csc2=O)c1. The molecule has 0 N–H and O–H groups in total. The van der Waals surface area contributed by atoms with E-state index in [1.165, 1.54) is 24.9 Å². The number of aromatic nitrogens is 1. The summed E-state index contributed by atoms with van der Waals surface area (Å²) in [5.41, 5.74) is 0.927. The van der Waals surface area contributed by atoms with Crippen LogP contribution in [0.15, 0.2) is 28.4 Å². The highest BCUT2D eigenvalue weighted by molar-refractivity contribution is 7.07. The summed E-state index contributed by atoms with van der Waals surface area (Å²) < 4.78 is 16.5. The molecule has 0 unspecified atom stereocenters. The molecule has 128 valence electrons. The Bertz CT molecular complexity index is 807. The molecule has 0 aliphatic heterocycles. The number of benzene rings is 1. The van der Waals surface area contributed by atoms with Gasteiger partial charge in [-0.1, -0.05) is 11.3 Å². The van der Waals surface area contributed by atoms with E-state index in [9.17, 15) is 14.4 Å². The normalized spacial score (nSPS) is 10.3. The third-order valence-electron chi connectivity index (χ3n) is 3.33. The van der Waals surface area contributed by atoms with Crippen molar-refractivity contribution in [2.75, 3.05) is 20.8 Å². The average Bonchev–Trinajstić information content (AvgIpc) is 2.90. The van der Waals surface area contributed by atoms with E-state index in [2.05, 4.69) is 0 Å². The molecule has 7 nitrogen and oxygen atoms in total. The smallest absolute Gasteiger partial charge is 0.326 e. The monoisotopic (exact) mass is 351 g/mol. The summed E-state index contributed by atoms with van der Waals surface area (Å²) in [5.74, 6) is -0.227. The fourth-order valence-corrected chi connectivity index (χ4v) is 2.76. The minimum atomic E-state index is -0.659. The van der Waals surface area contributed by atoms with Crippen molar-refractivity contribution >= 4 is 23.1 Å². The van der Waals surface area contributed by atoms with Crippen LogP contribution >= 0.6 is 11.3 Å². The van der Waals surface area contributed by atoms with Gasteiger partial charge in [0.15, 0.2) is 6.61 Å². The van der Waals surface area contributed by atoms with Crippen molar-refractivity contribution in [3.05, 3.63) is 44.5 Å². The highest BCUT2D eigenvalue weighted by atomic mass is 32.1. The van der Waals surface area contributed by atoms with Crippen LogP contribution < -0.4 is 14.3 Å². The first kappa shape index (κ1) is 17.7. The van der Waals surface area contributed by atoms with Crippen LogP contribution in [0.1, 0.15) is 16.1 Å². The largest absolute Gasteiger partial charge is 0.497 e. The quantitative estimate of drug-likeness (QED) is 0.557. The minimum Gasteiger partial charge on any atom is -0.497 e. The molecular weight excluding hydrogens is 334 g/mol. The Morgan fingerprint density at radius 2 is 1.96 bits per heavy atom. The van der Waals surface area contributed by atoms with Crippen LogP contribution in [-0.4, -0.2) is 37.1 Å². The second-order valence-electron chi connectivity index (χ2n) is 4.88. The van der Waals surface area contributed by atoms with Gasteiger partial charge in [-0.25, -0.2) is 0 Å². The molecule has 0 spiro atoms. The summed E-state index contributed by atoms with van der Waals surface area (Å²) in [6.45, 7) is 1.05. The van der Waals surface area contributed by atoms with Crippen molar-refractivity contribution in [3.63, 3.8) is 0 Å². The van der Waals surface area contributed by atoms with E-state index in [0.717, 1.165) is 11.3 Å². The number of aryl methyl sites for hydroxylation is 1. The van der Waals surface area contributed by atoms with Gasteiger partial charge < -0.3 is 14.2 Å². The van der Waals surface area contributed by atoms with Gasteiger partial charge in [-0.3, -0.25) is 19.0 Å². The highest BCUT2D eigenvalue weighted by Gasteiger charge is 2.17. The summed E-state index contributed by atoms with van der Waals surface area (Å²) in [6.07, 6.45) is 0. The third kappa shape index (κ3) is 4.02. The van der Waals surface area contributed by atoms with Crippen molar-refractivity contribution < 1.29 is 23.8 Å². The van der Waals surface area contributed by atoms with Gasteiger partial charge in [0.1, 0.15) is 18.0 Å². The molecule has 0 amide bonds. The van der Waals surface area contributed by atoms with Crippen molar-refractivity contribution in [1.82, 2.24) is 4.57 Å². The molecule has 8 heteroatoms. The van der Waals surface area contributed by atoms with Gasteiger partial charge in [0.25, 0.3) is 0 Å². The number of rotatable bonds is 7. The zero-order valence-corrected chi connectivity index (χ0v) is 14.3. The zero-order chi connectivity index (χ0) is 17.7. The van der Waals surface area contributed by atoms with Gasteiger partial charge >= 0.3 is 10.8 Å². The van der Waals surface area contributed by atoms with Gasteiger partial charge in [0.05, 0.1) is 19.8 Å². The average molecular weight is 351 g/mol. The molecule has 0 radical (unpaired) electrons. The number of carbonyl (C=O) groups is 2. The van der Waals surface area contributed by atoms with E-state index >= 15 is 0 Å². The van der Waals surface area contributed by atoms with Gasteiger partial charge in [-0.2, -0.15) is 0 Å². The van der Waals surface area contributed by atoms with E-state index in [1.807, 2.05) is 0 Å². The predicted molar refractivity (Wildman–Crippen MR) is 88.2 cm³/mol. The number of hydrogen-bond donors (Lipinski definition) is 0. The van der Waals surface area contributed by atoms with Gasteiger partial charge in [-0.05, 0) is 25.1 Å². The Labute approximate surface area is 142 Å². The standard InChI is InChI=1S/C16H17NO6S/c1-10-9-24-16(20)17(10)7-15(19)23-8-13(18)12-6-11(21-2)4-5-14(12)22-3/h4-6,9H,7-8H2,1-3H3. The molecule has 1 heterocycles. The number of methoxy groups -OCH3 is 2. The van der Waals surface area contributed by atoms with E-state index in [-0.39, 0.29) is 17.0 Å². The number of esters is 1. The summed E-state index contributed by atoms with van der Waals surface area (Å²) in [6, 6.07) is 4.78. The molecule has 1 aromatic heterocycles. The van der Waals surface area contributed by atoms with Crippen molar-refractivity contribution in [2.24, 2.45) is 0 Å². The Kier molecular flexibility index (Phi) is 5.75. The Morgan fingerprint density at radius 3 is 2.54 bits per heavy atom. The maximum Gasteiger partial charge on any atom is 0.326 e. The molecule has 0 atom stereocenters. The first-order valence-corrected chi connectivity index (χ1v) is 7.90. The first-order valence-electron chi connectivity index (χ1n) is 7.02. The Balaban J connectivity index is 2.03. The number of carbonyl (C=O) groups excluding carboxylic acids is 2. The van der Waals surface area contributed by atoms with Crippen LogP contribution in [0, 0.1) is 6.92 Å². The lowest BCUT2D eigenvalue weighted by molar-refractivity contribution is -0.143. The highest BCUT2D eigenvalue weighted by Crippen LogP contribution is 2.24. The molecule has 0 bridgehead atoms. The van der Waals surface area contributed by atoms with Crippen LogP contribution in [0.4, 0.5) is 0 Å². The van der Waals surface area contributed by atoms with Gasteiger partial charge in [0, 0.05) is 11.1 Å². The molecule has 24 heavy (non-hydrogen) atoms. The lowest BCUT2D eigenvalue weighted by Gasteiger charge is -2.10. The lowest BCUT2D eigenvalue weighted by Crippen LogP contribution is -2.24. The maximum absolute atomic E-state index is 12.3. The van der Waals surface area contributed by atoms with E-state index in [1.54, 1.807) is 24.4 Å². The molecule has 2 rings (SSSR count). The molecular formula is C16H17NO6S. The minimum absolute atomic E-state index is 0.226. The van der Waals surface area contributed by atoms with Crippen LogP contribution in [0.2, 0.25) is 0 Å². The lowest BCUT2D eigenvalue weighted by atomic mass is 10.1. The van der Waals surface area contributed by atoms with E-state index in [0.29, 0.717) is 17.2 Å². The zero-order valence-electron chi connectivity index (χ0n) is 13.5. The van der Waals surface area contributed by atoms with Gasteiger partial charge in [-0.15, -0.1) is 0 Å². The van der Waals surface area contributed by atoms with Crippen LogP contribution in [-0.2, 0) is 16.1 Å². The Morgan fingerprint density at radius 1 is 1.21 bits per heavy atom. The molecule has 0 saturated heterocycles. The van der Waals surface area contributed by atoms with Crippen molar-refractivity contribution in [2.45, 2.75) is 13.5 Å².